The number of hydrogen-bond donors (Lipinski definition) is 3. The number of primary amides is 1. The number of nitrogens with two attached hydrogens (primary N) is 1. The molecule has 0 spiro atoms. The highest BCUT2D eigenvalue weighted by molar-refractivity contribution is 6.30. The first-order chi connectivity index (χ1) is 9.17. The maximum Gasteiger partial charge on any atom is 0.240 e. The van der Waals surface area contributed by atoms with Crippen LogP contribution in [0.25, 0.3) is 0 Å². The van der Waals surface area contributed by atoms with Crippen molar-refractivity contribution in [2.24, 2.45) is 5.73 Å². The van der Waals surface area contributed by atoms with Gasteiger partial charge in [0.15, 0.2) is 0 Å². The molecule has 0 bridgehead atoms. The summed E-state index contributed by atoms with van der Waals surface area (Å²) in [5.41, 5.74) is 5.65. The molecule has 0 saturated carbocycles. The number of carbonyl (C=O) groups excluding carboxylic acids is 2. The molecule has 1 aromatic rings. The van der Waals surface area contributed by atoms with Crippen molar-refractivity contribution in [2.45, 2.75) is 38.8 Å². The van der Waals surface area contributed by atoms with Crippen LogP contribution < -0.4 is 16.4 Å². The van der Waals surface area contributed by atoms with Crippen molar-refractivity contribution in [3.05, 3.63) is 29.3 Å². The minimum atomic E-state index is -0.765. The molecule has 0 aromatic heterocycles. The molecule has 0 fully saturated rings. The van der Waals surface area contributed by atoms with E-state index in [0.29, 0.717) is 10.7 Å². The fourth-order valence-corrected chi connectivity index (χ4v) is 1.75. The molecule has 0 saturated heterocycles. The van der Waals surface area contributed by atoms with Crippen molar-refractivity contribution in [3.8, 4) is 0 Å². The lowest BCUT2D eigenvalue weighted by molar-refractivity contribution is -0.126. The van der Waals surface area contributed by atoms with Crippen molar-refractivity contribution < 1.29 is 9.59 Å². The predicted octanol–water partition coefficient (Wildman–Crippen LogP) is 1.91. The van der Waals surface area contributed by atoms with E-state index in [1.165, 1.54) is 0 Å². The Morgan fingerprint density at radius 1 is 1.25 bits per heavy atom. The standard InChI is InChI=1S/C14H20ClN3O2/c1-14(2,3)18-12(19)8-11(13(16)20)17-10-6-4-9(15)5-7-10/h4-7,11,17H,8H2,1-3H3,(H2,16,20)(H,18,19). The number of anilines is 1. The molecule has 2 amide bonds. The molecule has 0 aliphatic heterocycles. The summed E-state index contributed by atoms with van der Waals surface area (Å²) in [6.07, 6.45) is -0.0186. The zero-order chi connectivity index (χ0) is 15.3. The lowest BCUT2D eigenvalue weighted by atomic mass is 10.1. The van der Waals surface area contributed by atoms with Crippen molar-refractivity contribution in [1.29, 1.82) is 0 Å². The second-order valence-electron chi connectivity index (χ2n) is 5.61. The summed E-state index contributed by atoms with van der Waals surface area (Å²) < 4.78 is 0. The Kier molecular flexibility index (Phi) is 5.39. The lowest BCUT2D eigenvalue weighted by Crippen LogP contribution is -2.45. The number of benzene rings is 1. The Morgan fingerprint density at radius 3 is 2.25 bits per heavy atom. The first-order valence-corrected chi connectivity index (χ1v) is 6.67. The van der Waals surface area contributed by atoms with E-state index >= 15 is 0 Å². The van der Waals surface area contributed by atoms with E-state index in [4.69, 9.17) is 17.3 Å². The smallest absolute Gasteiger partial charge is 0.240 e. The second kappa shape index (κ2) is 6.61. The van der Waals surface area contributed by atoms with Crippen molar-refractivity contribution in [1.82, 2.24) is 5.32 Å². The zero-order valence-electron chi connectivity index (χ0n) is 11.9. The van der Waals surface area contributed by atoms with E-state index in [1.54, 1.807) is 24.3 Å². The minimum absolute atomic E-state index is 0.0186. The molecule has 1 atom stereocenters. The molecule has 5 nitrogen and oxygen atoms in total. The fourth-order valence-electron chi connectivity index (χ4n) is 1.62. The van der Waals surface area contributed by atoms with E-state index in [0.717, 1.165) is 0 Å². The highest BCUT2D eigenvalue weighted by Crippen LogP contribution is 2.15. The van der Waals surface area contributed by atoms with Gasteiger partial charge in [-0.2, -0.15) is 0 Å². The molecule has 0 heterocycles. The molecule has 1 unspecified atom stereocenters. The van der Waals surface area contributed by atoms with Gasteiger partial charge >= 0.3 is 0 Å². The summed E-state index contributed by atoms with van der Waals surface area (Å²) in [7, 11) is 0. The summed E-state index contributed by atoms with van der Waals surface area (Å²) >= 11 is 5.78. The Labute approximate surface area is 123 Å². The van der Waals surface area contributed by atoms with E-state index in [9.17, 15) is 9.59 Å². The molecule has 0 radical (unpaired) electrons. The van der Waals surface area contributed by atoms with Gasteiger partial charge in [0.1, 0.15) is 6.04 Å². The highest BCUT2D eigenvalue weighted by atomic mass is 35.5. The van der Waals surface area contributed by atoms with Crippen LogP contribution in [-0.4, -0.2) is 23.4 Å². The average Bonchev–Trinajstić information content (AvgIpc) is 2.28. The van der Waals surface area contributed by atoms with Gasteiger partial charge in [0.2, 0.25) is 11.8 Å². The van der Waals surface area contributed by atoms with Gasteiger partial charge in [-0.25, -0.2) is 0 Å². The van der Waals surface area contributed by atoms with Crippen LogP contribution in [-0.2, 0) is 9.59 Å². The van der Waals surface area contributed by atoms with Gasteiger partial charge in [-0.15, -0.1) is 0 Å². The number of amides is 2. The third-order valence-corrected chi connectivity index (χ3v) is 2.68. The molecular weight excluding hydrogens is 278 g/mol. The molecule has 4 N–H and O–H groups in total. The van der Waals surface area contributed by atoms with Crippen LogP contribution in [0.15, 0.2) is 24.3 Å². The summed E-state index contributed by atoms with van der Waals surface area (Å²) in [6.45, 7) is 5.62. The van der Waals surface area contributed by atoms with Crippen LogP contribution in [0.5, 0.6) is 0 Å². The number of rotatable bonds is 5. The van der Waals surface area contributed by atoms with Crippen LogP contribution in [0, 0.1) is 0 Å². The maximum absolute atomic E-state index is 11.8. The van der Waals surface area contributed by atoms with Gasteiger partial charge in [0.05, 0.1) is 6.42 Å². The quantitative estimate of drug-likeness (QED) is 0.776. The van der Waals surface area contributed by atoms with Crippen molar-refractivity contribution >= 4 is 29.1 Å². The van der Waals surface area contributed by atoms with Crippen molar-refractivity contribution in [3.63, 3.8) is 0 Å². The molecular formula is C14H20ClN3O2. The minimum Gasteiger partial charge on any atom is -0.373 e. The monoisotopic (exact) mass is 297 g/mol. The van der Waals surface area contributed by atoms with Crippen LogP contribution in [0.1, 0.15) is 27.2 Å². The highest BCUT2D eigenvalue weighted by Gasteiger charge is 2.22. The Balaban J connectivity index is 2.68. The number of nitrogens with one attached hydrogen (secondary N) is 2. The van der Waals surface area contributed by atoms with Gasteiger partial charge < -0.3 is 16.4 Å². The van der Waals surface area contributed by atoms with Crippen LogP contribution in [0.4, 0.5) is 5.69 Å². The number of halogens is 1. The molecule has 20 heavy (non-hydrogen) atoms. The molecule has 1 aromatic carbocycles. The first-order valence-electron chi connectivity index (χ1n) is 6.30. The molecule has 0 aliphatic carbocycles. The topological polar surface area (TPSA) is 84.2 Å². The van der Waals surface area contributed by atoms with Gasteiger partial charge in [-0.1, -0.05) is 11.6 Å². The summed E-state index contributed by atoms with van der Waals surface area (Å²) in [6, 6.07) is 6.06. The van der Waals surface area contributed by atoms with E-state index in [2.05, 4.69) is 10.6 Å². The normalized spacial score (nSPS) is 12.6. The van der Waals surface area contributed by atoms with Gasteiger partial charge in [0.25, 0.3) is 0 Å². The number of hydrogen-bond acceptors (Lipinski definition) is 3. The Bertz CT molecular complexity index is 480. The SMILES string of the molecule is CC(C)(C)NC(=O)CC(Nc1ccc(Cl)cc1)C(N)=O. The van der Waals surface area contributed by atoms with Gasteiger partial charge in [-0.05, 0) is 45.0 Å². The van der Waals surface area contributed by atoms with E-state index in [1.807, 2.05) is 20.8 Å². The lowest BCUT2D eigenvalue weighted by Gasteiger charge is -2.23. The Hall–Kier alpha value is -1.75. The third-order valence-electron chi connectivity index (χ3n) is 2.43. The zero-order valence-corrected chi connectivity index (χ0v) is 12.6. The van der Waals surface area contributed by atoms with Gasteiger partial charge in [-0.3, -0.25) is 9.59 Å². The van der Waals surface area contributed by atoms with Gasteiger partial charge in [0, 0.05) is 16.2 Å². The molecule has 0 aliphatic rings. The van der Waals surface area contributed by atoms with Crippen LogP contribution in [0.3, 0.4) is 0 Å². The number of carbonyl (C=O) groups is 2. The maximum atomic E-state index is 11.8. The average molecular weight is 298 g/mol. The molecule has 6 heteroatoms. The Morgan fingerprint density at radius 2 is 1.80 bits per heavy atom. The first kappa shape index (κ1) is 16.3. The van der Waals surface area contributed by atoms with E-state index < -0.39 is 11.9 Å². The summed E-state index contributed by atoms with van der Waals surface area (Å²) in [5, 5.41) is 6.31. The van der Waals surface area contributed by atoms with Crippen LogP contribution >= 0.6 is 11.6 Å². The predicted molar refractivity (Wildman–Crippen MR) is 80.6 cm³/mol. The van der Waals surface area contributed by atoms with Crippen molar-refractivity contribution in [2.75, 3.05) is 5.32 Å². The fraction of sp³-hybridized carbons (Fsp3) is 0.429. The largest absolute Gasteiger partial charge is 0.373 e. The third kappa shape index (κ3) is 5.93. The van der Waals surface area contributed by atoms with E-state index in [-0.39, 0.29) is 17.9 Å². The summed E-state index contributed by atoms with van der Waals surface area (Å²) in [4.78, 5) is 23.3. The van der Waals surface area contributed by atoms with Crippen LogP contribution in [0.2, 0.25) is 5.02 Å². The molecule has 110 valence electrons. The second-order valence-corrected chi connectivity index (χ2v) is 6.04. The summed E-state index contributed by atoms with van der Waals surface area (Å²) in [5.74, 6) is -0.813. The molecule has 1 rings (SSSR count).